The number of methoxy groups -OCH3 is 1. The number of hydrogen-bond acceptors (Lipinski definition) is 3. The number of benzene rings is 1. The molecular formula is C15H21ClN3O2+. The summed E-state index contributed by atoms with van der Waals surface area (Å²) in [6.45, 7) is 6.09. The molecule has 2 rings (SSSR count). The Morgan fingerprint density at radius 2 is 2.24 bits per heavy atom. The van der Waals surface area contributed by atoms with E-state index in [9.17, 15) is 4.79 Å². The molecule has 0 saturated heterocycles. The predicted octanol–water partition coefficient (Wildman–Crippen LogP) is 1.34. The molecule has 2 aromatic rings. The molecule has 0 bridgehead atoms. The summed E-state index contributed by atoms with van der Waals surface area (Å²) >= 11 is 6.01. The molecule has 0 spiro atoms. The van der Waals surface area contributed by atoms with Crippen LogP contribution in [0.3, 0.4) is 0 Å². The summed E-state index contributed by atoms with van der Waals surface area (Å²) < 4.78 is 6.78. The highest BCUT2D eigenvalue weighted by Gasteiger charge is 2.18. The largest absolute Gasteiger partial charge is 0.379 e. The summed E-state index contributed by atoms with van der Waals surface area (Å²) in [5.41, 5.74) is 0.639. The molecule has 1 atom stereocenters. The molecule has 5 nitrogen and oxygen atoms in total. The summed E-state index contributed by atoms with van der Waals surface area (Å²) in [6.07, 6.45) is 0. The lowest BCUT2D eigenvalue weighted by molar-refractivity contribution is -0.695. The van der Waals surface area contributed by atoms with Crippen molar-refractivity contribution in [3.05, 3.63) is 39.4 Å². The zero-order valence-corrected chi connectivity index (χ0v) is 13.4. The van der Waals surface area contributed by atoms with Crippen LogP contribution in [0.25, 0.3) is 10.9 Å². The first-order chi connectivity index (χ1) is 10.1. The van der Waals surface area contributed by atoms with E-state index < -0.39 is 0 Å². The highest BCUT2D eigenvalue weighted by molar-refractivity contribution is 6.31. The van der Waals surface area contributed by atoms with E-state index in [1.165, 1.54) is 0 Å². The van der Waals surface area contributed by atoms with Crippen LogP contribution >= 0.6 is 11.6 Å². The Bertz CT molecular complexity index is 684. The maximum atomic E-state index is 12.6. The van der Waals surface area contributed by atoms with Gasteiger partial charge in [0.05, 0.1) is 24.1 Å². The first-order valence-electron chi connectivity index (χ1n) is 7.10. The number of nitrogens with zero attached hydrogens (tertiary/aromatic N) is 2. The number of rotatable bonds is 6. The molecule has 0 aliphatic rings. The molecule has 114 valence electrons. The Labute approximate surface area is 128 Å². The summed E-state index contributed by atoms with van der Waals surface area (Å²) in [5, 5.41) is 3.31. The molecule has 0 aliphatic carbocycles. The fourth-order valence-corrected chi connectivity index (χ4v) is 2.57. The summed E-state index contributed by atoms with van der Waals surface area (Å²) in [5.74, 6) is 0.772. The zero-order chi connectivity index (χ0) is 15.4. The Hall–Kier alpha value is -1.43. The van der Waals surface area contributed by atoms with E-state index in [0.717, 1.165) is 12.4 Å². The number of hydrogen-bond donors (Lipinski definition) is 1. The fraction of sp³-hybridized carbons (Fsp3) is 0.467. The van der Waals surface area contributed by atoms with Crippen molar-refractivity contribution in [3.63, 3.8) is 0 Å². The third-order valence-electron chi connectivity index (χ3n) is 3.51. The Balaban J connectivity index is 2.48. The molecule has 2 N–H and O–H groups in total. The summed E-state index contributed by atoms with van der Waals surface area (Å²) in [7, 11) is 1.68. The van der Waals surface area contributed by atoms with Gasteiger partial charge in [-0.05, 0) is 32.0 Å². The van der Waals surface area contributed by atoms with Crippen molar-refractivity contribution < 1.29 is 10.1 Å². The Morgan fingerprint density at radius 3 is 2.90 bits per heavy atom. The summed E-state index contributed by atoms with van der Waals surface area (Å²) in [6, 6.07) is 5.28. The molecule has 0 fully saturated rings. The number of ether oxygens (including phenoxy) is 1. The van der Waals surface area contributed by atoms with Crippen molar-refractivity contribution in [2.24, 2.45) is 0 Å². The fourth-order valence-electron chi connectivity index (χ4n) is 2.41. The minimum atomic E-state index is -0.0128. The third kappa shape index (κ3) is 3.43. The van der Waals surface area contributed by atoms with Gasteiger partial charge in [0.1, 0.15) is 6.04 Å². The van der Waals surface area contributed by atoms with Crippen LogP contribution in [0.2, 0.25) is 5.02 Å². The van der Waals surface area contributed by atoms with Gasteiger partial charge in [-0.15, -0.1) is 0 Å². The highest BCUT2D eigenvalue weighted by atomic mass is 35.5. The number of halogens is 1. The molecular weight excluding hydrogens is 290 g/mol. The van der Waals surface area contributed by atoms with E-state index in [1.807, 2.05) is 13.8 Å². The molecule has 1 heterocycles. The van der Waals surface area contributed by atoms with Crippen LogP contribution in [0.1, 0.15) is 25.7 Å². The lowest BCUT2D eigenvalue weighted by atomic mass is 10.2. The van der Waals surface area contributed by atoms with E-state index in [4.69, 9.17) is 16.3 Å². The van der Waals surface area contributed by atoms with Crippen molar-refractivity contribution in [3.8, 4) is 0 Å². The molecule has 0 radical (unpaired) electrons. The normalized spacial score (nSPS) is 12.8. The van der Waals surface area contributed by atoms with E-state index >= 15 is 0 Å². The molecule has 1 aromatic carbocycles. The number of aromatic nitrogens is 2. The quantitative estimate of drug-likeness (QED) is 0.819. The average Bonchev–Trinajstić information content (AvgIpc) is 2.46. The van der Waals surface area contributed by atoms with Crippen LogP contribution in [0.15, 0.2) is 23.0 Å². The second-order valence-electron chi connectivity index (χ2n) is 4.99. The topological polar surface area (TPSA) is 60.7 Å². The SMILES string of the molecule is CCn1c([C@@H](C)[NH2+]CCOC)nc2cc(Cl)ccc2c1=O. The molecule has 0 aliphatic heterocycles. The van der Waals surface area contributed by atoms with Gasteiger partial charge < -0.3 is 10.1 Å². The van der Waals surface area contributed by atoms with Gasteiger partial charge in [0.15, 0.2) is 5.82 Å². The molecule has 6 heteroatoms. The van der Waals surface area contributed by atoms with Crippen LogP contribution in [0.5, 0.6) is 0 Å². The molecule has 21 heavy (non-hydrogen) atoms. The van der Waals surface area contributed by atoms with Crippen molar-refractivity contribution >= 4 is 22.5 Å². The molecule has 0 amide bonds. The van der Waals surface area contributed by atoms with Gasteiger partial charge >= 0.3 is 0 Å². The number of fused-ring (bicyclic) bond motifs is 1. The summed E-state index contributed by atoms with van der Waals surface area (Å²) in [4.78, 5) is 17.2. The van der Waals surface area contributed by atoms with Crippen LogP contribution < -0.4 is 10.9 Å². The minimum absolute atomic E-state index is 0.0128. The van der Waals surface area contributed by atoms with Gasteiger partial charge in [-0.2, -0.15) is 0 Å². The predicted molar refractivity (Wildman–Crippen MR) is 83.8 cm³/mol. The lowest BCUT2D eigenvalue weighted by Gasteiger charge is -2.16. The zero-order valence-electron chi connectivity index (χ0n) is 12.6. The van der Waals surface area contributed by atoms with Crippen molar-refractivity contribution in [1.82, 2.24) is 9.55 Å². The maximum absolute atomic E-state index is 12.6. The van der Waals surface area contributed by atoms with Gasteiger partial charge in [-0.3, -0.25) is 9.36 Å². The second kappa shape index (κ2) is 7.02. The molecule has 1 aromatic heterocycles. The van der Waals surface area contributed by atoms with Crippen LogP contribution in [0, 0.1) is 0 Å². The number of quaternary nitrogens is 1. The first-order valence-corrected chi connectivity index (χ1v) is 7.48. The van der Waals surface area contributed by atoms with Crippen LogP contribution in [-0.4, -0.2) is 29.8 Å². The van der Waals surface area contributed by atoms with E-state index in [2.05, 4.69) is 10.3 Å². The van der Waals surface area contributed by atoms with Crippen molar-refractivity contribution in [1.29, 1.82) is 0 Å². The monoisotopic (exact) mass is 310 g/mol. The molecule has 0 unspecified atom stereocenters. The Kier molecular flexibility index (Phi) is 5.33. The van der Waals surface area contributed by atoms with E-state index in [1.54, 1.807) is 29.9 Å². The van der Waals surface area contributed by atoms with Gasteiger partial charge in [0, 0.05) is 18.7 Å². The van der Waals surface area contributed by atoms with Gasteiger partial charge in [-0.1, -0.05) is 11.6 Å². The van der Waals surface area contributed by atoms with Gasteiger partial charge in [0.25, 0.3) is 5.56 Å². The van der Waals surface area contributed by atoms with Gasteiger partial charge in [0.2, 0.25) is 0 Å². The number of nitrogens with two attached hydrogens (primary N) is 1. The van der Waals surface area contributed by atoms with Crippen molar-refractivity contribution in [2.45, 2.75) is 26.4 Å². The first kappa shape index (κ1) is 15.9. The Morgan fingerprint density at radius 1 is 1.48 bits per heavy atom. The van der Waals surface area contributed by atoms with Crippen LogP contribution in [0.4, 0.5) is 0 Å². The average molecular weight is 311 g/mol. The highest BCUT2D eigenvalue weighted by Crippen LogP contribution is 2.16. The van der Waals surface area contributed by atoms with Gasteiger partial charge in [-0.25, -0.2) is 4.98 Å². The van der Waals surface area contributed by atoms with E-state index in [0.29, 0.717) is 29.1 Å². The standard InChI is InChI=1S/C15H20ClN3O2/c1-4-19-14(10(2)17-7-8-21-3)18-13-9-11(16)5-6-12(13)15(19)20/h5-6,9-10,17H,4,7-8H2,1-3H3/p+1/t10-/m1/s1. The van der Waals surface area contributed by atoms with Crippen molar-refractivity contribution in [2.75, 3.05) is 20.3 Å². The molecule has 0 saturated carbocycles. The smallest absolute Gasteiger partial charge is 0.261 e. The maximum Gasteiger partial charge on any atom is 0.261 e. The third-order valence-corrected chi connectivity index (χ3v) is 3.75. The lowest BCUT2D eigenvalue weighted by Crippen LogP contribution is -2.86. The minimum Gasteiger partial charge on any atom is -0.379 e. The van der Waals surface area contributed by atoms with Crippen LogP contribution in [-0.2, 0) is 11.3 Å². The van der Waals surface area contributed by atoms with E-state index in [-0.39, 0.29) is 11.6 Å². The second-order valence-corrected chi connectivity index (χ2v) is 5.42.